The molecule has 0 bridgehead atoms. The number of hydrogen-bond acceptors (Lipinski definition) is 4. The molecule has 0 saturated carbocycles. The van der Waals surface area contributed by atoms with Gasteiger partial charge in [-0.3, -0.25) is 0 Å². The largest absolute Gasteiger partial charge is 0.505 e. The van der Waals surface area contributed by atoms with Gasteiger partial charge >= 0.3 is 0 Å². The van der Waals surface area contributed by atoms with E-state index in [1.54, 1.807) is 16.8 Å². The molecule has 5 nitrogen and oxygen atoms in total. The average molecular weight is 312 g/mol. The first-order valence-electron chi connectivity index (χ1n) is 7.08. The van der Waals surface area contributed by atoms with Gasteiger partial charge in [0.25, 0.3) is 0 Å². The Kier molecular flexibility index (Phi) is 4.02. The number of para-hydroxylation sites is 1. The van der Waals surface area contributed by atoms with E-state index in [1.807, 2.05) is 47.3 Å². The van der Waals surface area contributed by atoms with Crippen LogP contribution in [0.4, 0.5) is 0 Å². The third kappa shape index (κ3) is 2.65. The Hall–Kier alpha value is -2.47. The molecule has 0 aliphatic rings. The van der Waals surface area contributed by atoms with E-state index in [2.05, 4.69) is 17.2 Å². The molecule has 22 heavy (non-hydrogen) atoms. The minimum atomic E-state index is -0.0583. The van der Waals surface area contributed by atoms with E-state index >= 15 is 0 Å². The van der Waals surface area contributed by atoms with Crippen molar-refractivity contribution < 1.29 is 5.11 Å². The second-order valence-corrected chi connectivity index (χ2v) is 5.34. The van der Waals surface area contributed by atoms with Gasteiger partial charge < -0.3 is 9.67 Å². The standard InChI is InChI=1S/C16H16N4OS/c1-2-14(19-10-6-9-15(21)16(19)22)13-11-20(18-17-13)12-7-4-3-5-8-12/h3-11,14,21H,2H2,1H3. The van der Waals surface area contributed by atoms with Gasteiger partial charge in [0.15, 0.2) is 0 Å². The van der Waals surface area contributed by atoms with Gasteiger partial charge in [-0.2, -0.15) is 0 Å². The van der Waals surface area contributed by atoms with E-state index in [9.17, 15) is 5.11 Å². The maximum atomic E-state index is 9.81. The molecule has 0 saturated heterocycles. The Balaban J connectivity index is 2.00. The molecule has 0 spiro atoms. The molecule has 1 aromatic carbocycles. The molecule has 1 N–H and O–H groups in total. The molecule has 2 aromatic heterocycles. The van der Waals surface area contributed by atoms with Gasteiger partial charge in [-0.25, -0.2) is 4.68 Å². The van der Waals surface area contributed by atoms with Gasteiger partial charge in [0.1, 0.15) is 16.1 Å². The smallest absolute Gasteiger partial charge is 0.150 e. The second kappa shape index (κ2) is 6.11. The lowest BCUT2D eigenvalue weighted by Gasteiger charge is -2.16. The zero-order valence-electron chi connectivity index (χ0n) is 12.1. The van der Waals surface area contributed by atoms with Gasteiger partial charge in [0.2, 0.25) is 0 Å². The van der Waals surface area contributed by atoms with Crippen molar-refractivity contribution in [1.82, 2.24) is 19.6 Å². The topological polar surface area (TPSA) is 55.9 Å². The third-order valence-corrected chi connectivity index (χ3v) is 3.97. The summed E-state index contributed by atoms with van der Waals surface area (Å²) in [6.45, 7) is 2.05. The van der Waals surface area contributed by atoms with Crippen LogP contribution >= 0.6 is 12.2 Å². The van der Waals surface area contributed by atoms with Crippen LogP contribution < -0.4 is 0 Å². The maximum absolute atomic E-state index is 9.81. The molecule has 0 radical (unpaired) electrons. The molecule has 3 rings (SSSR count). The van der Waals surface area contributed by atoms with Crippen LogP contribution in [0.2, 0.25) is 0 Å². The summed E-state index contributed by atoms with van der Waals surface area (Å²) in [5, 5.41) is 18.3. The first-order valence-corrected chi connectivity index (χ1v) is 7.49. The van der Waals surface area contributed by atoms with E-state index in [1.165, 1.54) is 0 Å². The number of pyridine rings is 1. The summed E-state index contributed by atoms with van der Waals surface area (Å²) >= 11 is 5.29. The molecule has 1 atom stereocenters. The predicted molar refractivity (Wildman–Crippen MR) is 86.7 cm³/mol. The van der Waals surface area contributed by atoms with E-state index in [4.69, 9.17) is 12.2 Å². The van der Waals surface area contributed by atoms with E-state index < -0.39 is 0 Å². The highest BCUT2D eigenvalue weighted by molar-refractivity contribution is 7.71. The predicted octanol–water partition coefficient (Wildman–Crippen LogP) is 3.50. The van der Waals surface area contributed by atoms with Crippen molar-refractivity contribution in [1.29, 1.82) is 0 Å². The normalized spacial score (nSPS) is 12.2. The van der Waals surface area contributed by atoms with Crippen molar-refractivity contribution in [3.63, 3.8) is 0 Å². The summed E-state index contributed by atoms with van der Waals surface area (Å²) in [4.78, 5) is 0. The molecule has 0 aliphatic carbocycles. The van der Waals surface area contributed by atoms with Crippen molar-refractivity contribution >= 4 is 12.2 Å². The van der Waals surface area contributed by atoms with Crippen LogP contribution in [0.5, 0.6) is 5.75 Å². The number of aromatic nitrogens is 4. The molecule has 6 heteroatoms. The number of aromatic hydroxyl groups is 1. The van der Waals surface area contributed by atoms with Crippen LogP contribution in [0.3, 0.4) is 0 Å². The summed E-state index contributed by atoms with van der Waals surface area (Å²) in [6, 6.07) is 13.1. The minimum Gasteiger partial charge on any atom is -0.505 e. The fraction of sp³-hybridized carbons (Fsp3) is 0.188. The molecular weight excluding hydrogens is 296 g/mol. The highest BCUT2D eigenvalue weighted by Crippen LogP contribution is 2.23. The van der Waals surface area contributed by atoms with Gasteiger partial charge in [0.05, 0.1) is 17.9 Å². The fourth-order valence-electron chi connectivity index (χ4n) is 2.43. The Morgan fingerprint density at radius 2 is 1.95 bits per heavy atom. The summed E-state index contributed by atoms with van der Waals surface area (Å²) < 4.78 is 4.00. The molecule has 1 unspecified atom stereocenters. The first kappa shape index (κ1) is 14.5. The monoisotopic (exact) mass is 312 g/mol. The van der Waals surface area contributed by atoms with Crippen LogP contribution in [-0.4, -0.2) is 24.7 Å². The van der Waals surface area contributed by atoms with Crippen LogP contribution in [0.25, 0.3) is 5.69 Å². The lowest BCUT2D eigenvalue weighted by Crippen LogP contribution is -2.11. The van der Waals surface area contributed by atoms with E-state index in [0.29, 0.717) is 4.64 Å². The lowest BCUT2D eigenvalue weighted by molar-refractivity contribution is 0.451. The van der Waals surface area contributed by atoms with Crippen molar-refractivity contribution in [3.8, 4) is 11.4 Å². The summed E-state index contributed by atoms with van der Waals surface area (Å²) in [5.41, 5.74) is 1.77. The van der Waals surface area contributed by atoms with Gasteiger partial charge in [-0.05, 0) is 30.7 Å². The van der Waals surface area contributed by atoms with Crippen molar-refractivity contribution in [2.24, 2.45) is 0 Å². The highest BCUT2D eigenvalue weighted by atomic mass is 32.1. The fourth-order valence-corrected chi connectivity index (χ4v) is 2.68. The Labute approximate surface area is 133 Å². The number of nitrogens with zero attached hydrogens (tertiary/aromatic N) is 4. The number of hydrogen-bond donors (Lipinski definition) is 1. The number of benzene rings is 1. The van der Waals surface area contributed by atoms with Gasteiger partial charge in [0, 0.05) is 6.20 Å². The van der Waals surface area contributed by atoms with E-state index in [-0.39, 0.29) is 11.8 Å². The summed E-state index contributed by atoms with van der Waals surface area (Å²) in [7, 11) is 0. The average Bonchev–Trinajstić information content (AvgIpc) is 3.03. The molecule has 2 heterocycles. The molecule has 112 valence electrons. The van der Waals surface area contributed by atoms with Crippen molar-refractivity contribution in [2.45, 2.75) is 19.4 Å². The number of rotatable bonds is 4. The molecule has 0 fully saturated rings. The summed E-state index contributed by atoms with van der Waals surface area (Å²) in [5.74, 6) is 0.103. The molecular formula is C16H16N4OS. The van der Waals surface area contributed by atoms with Crippen LogP contribution in [0.1, 0.15) is 25.1 Å². The van der Waals surface area contributed by atoms with E-state index in [0.717, 1.165) is 17.8 Å². The second-order valence-electron chi connectivity index (χ2n) is 4.95. The SMILES string of the molecule is CCC(c1cn(-c2ccccc2)nn1)n1cccc(O)c1=S. The van der Waals surface area contributed by atoms with Gasteiger partial charge in [-0.15, -0.1) is 5.10 Å². The first-order chi connectivity index (χ1) is 10.7. The molecule has 3 aromatic rings. The van der Waals surface area contributed by atoms with Crippen LogP contribution in [0, 0.1) is 4.64 Å². The Morgan fingerprint density at radius 3 is 2.68 bits per heavy atom. The lowest BCUT2D eigenvalue weighted by atomic mass is 10.1. The Morgan fingerprint density at radius 1 is 1.18 bits per heavy atom. The van der Waals surface area contributed by atoms with Crippen LogP contribution in [-0.2, 0) is 0 Å². The molecule has 0 amide bonds. The minimum absolute atomic E-state index is 0.0583. The van der Waals surface area contributed by atoms with Crippen molar-refractivity contribution in [2.75, 3.05) is 0 Å². The third-order valence-electron chi connectivity index (χ3n) is 3.55. The van der Waals surface area contributed by atoms with Gasteiger partial charge in [-0.1, -0.05) is 42.6 Å². The van der Waals surface area contributed by atoms with Crippen LogP contribution in [0.15, 0.2) is 54.9 Å². The highest BCUT2D eigenvalue weighted by Gasteiger charge is 2.16. The quantitative estimate of drug-likeness (QED) is 0.749. The van der Waals surface area contributed by atoms with Crippen molar-refractivity contribution in [3.05, 3.63) is 65.2 Å². The summed E-state index contributed by atoms with van der Waals surface area (Å²) in [6.07, 6.45) is 4.55. The Bertz CT molecular complexity index is 825. The maximum Gasteiger partial charge on any atom is 0.150 e. The molecule has 0 aliphatic heterocycles. The zero-order valence-corrected chi connectivity index (χ0v) is 12.9. The zero-order chi connectivity index (χ0) is 15.5.